The molecule has 0 bridgehead atoms. The third-order valence-electron chi connectivity index (χ3n) is 3.90. The monoisotopic (exact) mass is 356 g/mol. The maximum atomic E-state index is 12.4. The van der Waals surface area contributed by atoms with Gasteiger partial charge in [0.1, 0.15) is 0 Å². The van der Waals surface area contributed by atoms with Crippen LogP contribution in [0, 0.1) is 20.8 Å². The van der Waals surface area contributed by atoms with E-state index >= 15 is 0 Å². The molecule has 3 aromatic rings. The number of carbonyl (C=O) groups is 1. The Morgan fingerprint density at radius 2 is 1.75 bits per heavy atom. The van der Waals surface area contributed by atoms with Gasteiger partial charge >= 0.3 is 0 Å². The molecular weight excluding hydrogens is 340 g/mol. The number of rotatable bonds is 3. The summed E-state index contributed by atoms with van der Waals surface area (Å²) in [5, 5.41) is 4.18. The second kappa shape index (κ2) is 6.75. The minimum atomic E-state index is -0.144. The topological polar surface area (TPSA) is 42.0 Å². The average Bonchev–Trinajstić information content (AvgIpc) is 2.91. The van der Waals surface area contributed by atoms with Crippen LogP contribution < -0.4 is 5.32 Å². The number of carbonyl (C=O) groups excluding carboxylic acids is 1. The standard InChI is InChI=1S/C19H17ClN2OS/c1-11-4-5-15(10-12(11)2)18(23)22-19-21-17(13(3)24-19)14-6-8-16(20)9-7-14/h4-10H,1-3H3,(H,21,22,23). The molecule has 0 atom stereocenters. The highest BCUT2D eigenvalue weighted by atomic mass is 35.5. The number of halogens is 1. The summed E-state index contributed by atoms with van der Waals surface area (Å²) in [5.41, 5.74) is 4.76. The van der Waals surface area contributed by atoms with E-state index in [0.717, 1.165) is 21.7 Å². The Bertz CT molecular complexity index is 900. The van der Waals surface area contributed by atoms with Crippen molar-refractivity contribution in [3.05, 3.63) is 69.1 Å². The Balaban J connectivity index is 1.83. The Morgan fingerprint density at radius 3 is 2.42 bits per heavy atom. The van der Waals surface area contributed by atoms with Gasteiger partial charge in [0, 0.05) is 21.0 Å². The summed E-state index contributed by atoms with van der Waals surface area (Å²) < 4.78 is 0. The van der Waals surface area contributed by atoms with E-state index in [0.29, 0.717) is 15.7 Å². The van der Waals surface area contributed by atoms with Crippen molar-refractivity contribution in [2.24, 2.45) is 0 Å². The summed E-state index contributed by atoms with van der Waals surface area (Å²) in [6, 6.07) is 13.2. The molecule has 1 N–H and O–H groups in total. The highest BCUT2D eigenvalue weighted by molar-refractivity contribution is 7.16. The molecule has 122 valence electrons. The van der Waals surface area contributed by atoms with Gasteiger partial charge in [-0.15, -0.1) is 11.3 Å². The van der Waals surface area contributed by atoms with Gasteiger partial charge in [-0.2, -0.15) is 0 Å². The van der Waals surface area contributed by atoms with E-state index in [-0.39, 0.29) is 5.91 Å². The smallest absolute Gasteiger partial charge is 0.257 e. The summed E-state index contributed by atoms with van der Waals surface area (Å²) >= 11 is 7.40. The molecular formula is C19H17ClN2OS. The number of nitrogens with zero attached hydrogens (tertiary/aromatic N) is 1. The van der Waals surface area contributed by atoms with Gasteiger partial charge in [-0.25, -0.2) is 4.98 Å². The van der Waals surface area contributed by atoms with Gasteiger partial charge in [0.05, 0.1) is 5.69 Å². The molecule has 0 spiro atoms. The first-order valence-electron chi connectivity index (χ1n) is 7.56. The number of amides is 1. The first-order chi connectivity index (χ1) is 11.4. The van der Waals surface area contributed by atoms with Gasteiger partial charge in [-0.05, 0) is 56.2 Å². The lowest BCUT2D eigenvalue weighted by Crippen LogP contribution is -2.12. The van der Waals surface area contributed by atoms with Gasteiger partial charge in [0.2, 0.25) is 0 Å². The molecule has 0 unspecified atom stereocenters. The van der Waals surface area contributed by atoms with Crippen LogP contribution in [0.15, 0.2) is 42.5 Å². The van der Waals surface area contributed by atoms with E-state index in [9.17, 15) is 4.79 Å². The number of hydrogen-bond donors (Lipinski definition) is 1. The fraction of sp³-hybridized carbons (Fsp3) is 0.158. The van der Waals surface area contributed by atoms with E-state index in [4.69, 9.17) is 11.6 Å². The first-order valence-corrected chi connectivity index (χ1v) is 8.75. The lowest BCUT2D eigenvalue weighted by molar-refractivity contribution is 0.102. The largest absolute Gasteiger partial charge is 0.298 e. The lowest BCUT2D eigenvalue weighted by Gasteiger charge is -2.05. The minimum absolute atomic E-state index is 0.144. The SMILES string of the molecule is Cc1ccc(C(=O)Nc2nc(-c3ccc(Cl)cc3)c(C)s2)cc1C. The highest BCUT2D eigenvalue weighted by Crippen LogP contribution is 2.31. The van der Waals surface area contributed by atoms with E-state index in [1.54, 1.807) is 0 Å². The van der Waals surface area contributed by atoms with Crippen LogP contribution >= 0.6 is 22.9 Å². The molecule has 0 saturated heterocycles. The summed E-state index contributed by atoms with van der Waals surface area (Å²) in [6.45, 7) is 6.02. The maximum Gasteiger partial charge on any atom is 0.257 e. The number of aryl methyl sites for hydroxylation is 3. The first kappa shape index (κ1) is 16.7. The van der Waals surface area contributed by atoms with Gasteiger partial charge in [0.15, 0.2) is 5.13 Å². The molecule has 3 rings (SSSR count). The van der Waals surface area contributed by atoms with Crippen LogP contribution in [0.3, 0.4) is 0 Å². The van der Waals surface area contributed by atoms with Crippen LogP contribution in [-0.4, -0.2) is 10.9 Å². The number of benzene rings is 2. The number of hydrogen-bond acceptors (Lipinski definition) is 3. The zero-order chi connectivity index (χ0) is 17.3. The third-order valence-corrected chi connectivity index (χ3v) is 5.04. The fourth-order valence-corrected chi connectivity index (χ4v) is 3.33. The predicted molar refractivity (Wildman–Crippen MR) is 101 cm³/mol. The third kappa shape index (κ3) is 3.50. The molecule has 0 fully saturated rings. The molecule has 5 heteroatoms. The minimum Gasteiger partial charge on any atom is -0.298 e. The Labute approximate surface area is 150 Å². The molecule has 0 aliphatic heterocycles. The Kier molecular flexibility index (Phi) is 4.69. The molecule has 1 amide bonds. The van der Waals surface area contributed by atoms with Crippen molar-refractivity contribution >= 4 is 34.0 Å². The highest BCUT2D eigenvalue weighted by Gasteiger charge is 2.13. The normalized spacial score (nSPS) is 10.7. The quantitative estimate of drug-likeness (QED) is 0.659. The number of anilines is 1. The molecule has 1 aromatic heterocycles. The Hall–Kier alpha value is -2.17. The molecule has 24 heavy (non-hydrogen) atoms. The van der Waals surface area contributed by atoms with Crippen LogP contribution in [0.5, 0.6) is 0 Å². The van der Waals surface area contributed by atoms with E-state index < -0.39 is 0 Å². The second-order valence-electron chi connectivity index (χ2n) is 5.68. The van der Waals surface area contributed by atoms with E-state index in [2.05, 4.69) is 10.3 Å². The molecule has 2 aromatic carbocycles. The van der Waals surface area contributed by atoms with Gasteiger partial charge in [-0.3, -0.25) is 10.1 Å². The second-order valence-corrected chi connectivity index (χ2v) is 7.32. The van der Waals surface area contributed by atoms with Gasteiger partial charge in [0.25, 0.3) is 5.91 Å². The Morgan fingerprint density at radius 1 is 1.04 bits per heavy atom. The summed E-state index contributed by atoms with van der Waals surface area (Å²) in [4.78, 5) is 18.0. The van der Waals surface area contributed by atoms with Crippen molar-refractivity contribution in [3.8, 4) is 11.3 Å². The molecule has 0 saturated carbocycles. The zero-order valence-corrected chi connectivity index (χ0v) is 15.3. The van der Waals surface area contributed by atoms with Crippen molar-refractivity contribution in [3.63, 3.8) is 0 Å². The average molecular weight is 357 g/mol. The van der Waals surface area contributed by atoms with Crippen LogP contribution in [-0.2, 0) is 0 Å². The van der Waals surface area contributed by atoms with Crippen molar-refractivity contribution in [1.82, 2.24) is 4.98 Å². The van der Waals surface area contributed by atoms with Crippen molar-refractivity contribution in [2.45, 2.75) is 20.8 Å². The van der Waals surface area contributed by atoms with Gasteiger partial charge in [-0.1, -0.05) is 29.8 Å². The van der Waals surface area contributed by atoms with Crippen LogP contribution in [0.1, 0.15) is 26.4 Å². The van der Waals surface area contributed by atoms with Crippen LogP contribution in [0.2, 0.25) is 5.02 Å². The number of aromatic nitrogens is 1. The molecule has 0 aliphatic carbocycles. The van der Waals surface area contributed by atoms with Crippen molar-refractivity contribution in [1.29, 1.82) is 0 Å². The predicted octanol–water partition coefficient (Wildman–Crippen LogP) is 5.64. The van der Waals surface area contributed by atoms with Crippen molar-refractivity contribution < 1.29 is 4.79 Å². The zero-order valence-electron chi connectivity index (χ0n) is 13.7. The van der Waals surface area contributed by atoms with E-state index in [1.807, 2.05) is 63.2 Å². The number of thiazole rings is 1. The molecule has 0 aliphatic rings. The maximum absolute atomic E-state index is 12.4. The van der Waals surface area contributed by atoms with E-state index in [1.165, 1.54) is 16.9 Å². The van der Waals surface area contributed by atoms with Crippen LogP contribution in [0.4, 0.5) is 5.13 Å². The summed E-state index contributed by atoms with van der Waals surface area (Å²) in [7, 11) is 0. The van der Waals surface area contributed by atoms with Crippen molar-refractivity contribution in [2.75, 3.05) is 5.32 Å². The summed E-state index contributed by atoms with van der Waals surface area (Å²) in [5.74, 6) is -0.144. The van der Waals surface area contributed by atoms with Gasteiger partial charge < -0.3 is 0 Å². The molecule has 3 nitrogen and oxygen atoms in total. The summed E-state index contributed by atoms with van der Waals surface area (Å²) in [6.07, 6.45) is 0. The fourth-order valence-electron chi connectivity index (χ4n) is 2.38. The number of nitrogens with one attached hydrogen (secondary N) is 1. The molecule has 1 heterocycles. The lowest BCUT2D eigenvalue weighted by atomic mass is 10.1. The molecule has 0 radical (unpaired) electrons. The van der Waals surface area contributed by atoms with Crippen LogP contribution in [0.25, 0.3) is 11.3 Å².